The molecule has 20 heavy (non-hydrogen) atoms. The Labute approximate surface area is 120 Å². The Bertz CT molecular complexity index is 455. The number of aliphatic hydroxyl groups is 1. The summed E-state index contributed by atoms with van der Waals surface area (Å²) in [7, 11) is 3.35. The maximum atomic E-state index is 11.9. The number of nitrogens with one attached hydrogen (secondary N) is 1. The second-order valence-corrected chi connectivity index (χ2v) is 5.63. The zero-order valence-electron chi connectivity index (χ0n) is 11.4. The topological polar surface area (TPSA) is 96.8 Å². The number of carbonyl (C=O) groups excluding carboxylic acids is 1. The van der Waals surface area contributed by atoms with Crippen molar-refractivity contribution in [3.8, 4) is 0 Å². The summed E-state index contributed by atoms with van der Waals surface area (Å²) >= 11 is 1.27. The van der Waals surface area contributed by atoms with Crippen molar-refractivity contribution in [1.29, 1.82) is 0 Å². The van der Waals surface area contributed by atoms with Gasteiger partial charge in [0.25, 0.3) is 0 Å². The molecule has 0 aliphatic carbocycles. The third-order valence-corrected chi connectivity index (χ3v) is 3.77. The van der Waals surface area contributed by atoms with E-state index in [1.807, 2.05) is 0 Å². The fourth-order valence-corrected chi connectivity index (χ4v) is 2.67. The number of aliphatic hydroxyl groups excluding tert-OH is 1. The van der Waals surface area contributed by atoms with Crippen LogP contribution < -0.4 is 5.32 Å². The lowest BCUT2D eigenvalue weighted by atomic mass is 10.2. The van der Waals surface area contributed by atoms with Gasteiger partial charge in [-0.1, -0.05) is 11.3 Å². The molecular formula is C11H18N4O4S. The zero-order valence-corrected chi connectivity index (χ0v) is 12.2. The molecule has 0 bridgehead atoms. The number of amides is 1. The predicted octanol–water partition coefficient (Wildman–Crippen LogP) is -0.685. The number of aromatic nitrogens is 2. The molecular weight excluding hydrogens is 284 g/mol. The van der Waals surface area contributed by atoms with Gasteiger partial charge in [0.1, 0.15) is 11.6 Å². The smallest absolute Gasteiger partial charge is 0.240 e. The number of anilines is 1. The molecule has 1 saturated heterocycles. The normalized spacial score (nSPS) is 22.4. The Kier molecular flexibility index (Phi) is 5.38. The van der Waals surface area contributed by atoms with Crippen LogP contribution in [-0.4, -0.2) is 72.2 Å². The average molecular weight is 302 g/mol. The van der Waals surface area contributed by atoms with Crippen LogP contribution in [0.3, 0.4) is 0 Å². The van der Waals surface area contributed by atoms with Crippen LogP contribution in [0.4, 0.5) is 5.13 Å². The Morgan fingerprint density at radius 2 is 2.40 bits per heavy atom. The van der Waals surface area contributed by atoms with Crippen LogP contribution in [0.2, 0.25) is 0 Å². The third-order valence-electron chi connectivity index (χ3n) is 2.96. The van der Waals surface area contributed by atoms with E-state index in [1.54, 1.807) is 19.1 Å². The van der Waals surface area contributed by atoms with E-state index in [0.717, 1.165) is 0 Å². The summed E-state index contributed by atoms with van der Waals surface area (Å²) in [5.74, 6) is -0.202. The minimum atomic E-state index is -0.553. The molecule has 1 aromatic heterocycles. The molecule has 2 rings (SSSR count). The molecule has 9 heteroatoms. The summed E-state index contributed by atoms with van der Waals surface area (Å²) in [5.41, 5.74) is 0. The second kappa shape index (κ2) is 7.04. The number of ether oxygens (including phenoxy) is 2. The molecule has 2 atom stereocenters. The zero-order chi connectivity index (χ0) is 14.5. The predicted molar refractivity (Wildman–Crippen MR) is 72.5 cm³/mol. The van der Waals surface area contributed by atoms with Gasteiger partial charge in [0.05, 0.1) is 31.9 Å². The van der Waals surface area contributed by atoms with Gasteiger partial charge >= 0.3 is 0 Å². The highest BCUT2D eigenvalue weighted by molar-refractivity contribution is 7.15. The number of hydrogen-bond acceptors (Lipinski definition) is 8. The monoisotopic (exact) mass is 302 g/mol. The average Bonchev–Trinajstić information content (AvgIpc) is 2.99. The number of nitrogens with zero attached hydrogens (tertiary/aromatic N) is 3. The fourth-order valence-electron chi connectivity index (χ4n) is 1.94. The Balaban J connectivity index is 1.82. The van der Waals surface area contributed by atoms with E-state index in [-0.39, 0.29) is 18.5 Å². The summed E-state index contributed by atoms with van der Waals surface area (Å²) in [6.45, 7) is 1.28. The molecule has 0 aromatic carbocycles. The summed E-state index contributed by atoms with van der Waals surface area (Å²) in [4.78, 5) is 13.7. The first-order chi connectivity index (χ1) is 9.60. The molecule has 1 aliphatic heterocycles. The first-order valence-electron chi connectivity index (χ1n) is 6.17. The van der Waals surface area contributed by atoms with Crippen molar-refractivity contribution in [1.82, 2.24) is 15.1 Å². The lowest BCUT2D eigenvalue weighted by Gasteiger charge is -2.24. The van der Waals surface area contributed by atoms with Crippen LogP contribution in [0.25, 0.3) is 0 Å². The molecule has 8 nitrogen and oxygen atoms in total. The van der Waals surface area contributed by atoms with E-state index in [4.69, 9.17) is 9.47 Å². The van der Waals surface area contributed by atoms with E-state index in [2.05, 4.69) is 15.5 Å². The van der Waals surface area contributed by atoms with Gasteiger partial charge in [-0.25, -0.2) is 0 Å². The molecule has 1 amide bonds. The van der Waals surface area contributed by atoms with Gasteiger partial charge in [-0.15, -0.1) is 10.2 Å². The van der Waals surface area contributed by atoms with Gasteiger partial charge in [0.15, 0.2) is 0 Å². The largest absolute Gasteiger partial charge is 0.389 e. The van der Waals surface area contributed by atoms with Crippen molar-refractivity contribution >= 4 is 22.4 Å². The molecule has 1 aliphatic rings. The number of likely N-dealkylation sites (N-methyl/N-ethyl adjacent to an activating group) is 1. The van der Waals surface area contributed by atoms with E-state index in [0.29, 0.717) is 30.0 Å². The van der Waals surface area contributed by atoms with E-state index in [1.165, 1.54) is 11.3 Å². The SMILES string of the molecule is COCc1nnc(NC(=O)CN(C)[C@H]2COC[C@@H]2O)s1. The van der Waals surface area contributed by atoms with Crippen LogP contribution in [0.1, 0.15) is 5.01 Å². The van der Waals surface area contributed by atoms with Gasteiger partial charge in [-0.3, -0.25) is 15.0 Å². The first kappa shape index (κ1) is 15.3. The molecule has 2 N–H and O–H groups in total. The lowest BCUT2D eigenvalue weighted by Crippen LogP contribution is -2.44. The Hall–Kier alpha value is -1.13. The molecule has 112 valence electrons. The number of rotatable bonds is 6. The van der Waals surface area contributed by atoms with Crippen molar-refractivity contribution < 1.29 is 19.4 Å². The van der Waals surface area contributed by atoms with Crippen molar-refractivity contribution in [2.45, 2.75) is 18.8 Å². The van der Waals surface area contributed by atoms with Crippen molar-refractivity contribution in [2.24, 2.45) is 0 Å². The first-order valence-corrected chi connectivity index (χ1v) is 6.99. The van der Waals surface area contributed by atoms with E-state index >= 15 is 0 Å². The number of carbonyl (C=O) groups is 1. The Morgan fingerprint density at radius 1 is 1.60 bits per heavy atom. The molecule has 0 saturated carbocycles. The van der Waals surface area contributed by atoms with Crippen LogP contribution in [0.15, 0.2) is 0 Å². The van der Waals surface area contributed by atoms with E-state index < -0.39 is 6.10 Å². The van der Waals surface area contributed by atoms with Gasteiger partial charge in [-0.2, -0.15) is 0 Å². The summed E-state index contributed by atoms with van der Waals surface area (Å²) in [6.07, 6.45) is -0.553. The highest BCUT2D eigenvalue weighted by atomic mass is 32.1. The highest BCUT2D eigenvalue weighted by Gasteiger charge is 2.30. The summed E-state index contributed by atoms with van der Waals surface area (Å²) in [5, 5.41) is 21.3. The van der Waals surface area contributed by atoms with Crippen LogP contribution in [0, 0.1) is 0 Å². The highest BCUT2D eigenvalue weighted by Crippen LogP contribution is 2.16. The molecule has 2 heterocycles. The number of methoxy groups -OCH3 is 1. The fraction of sp³-hybridized carbons (Fsp3) is 0.727. The summed E-state index contributed by atoms with van der Waals surface area (Å²) < 4.78 is 10.1. The molecule has 0 unspecified atom stereocenters. The lowest BCUT2D eigenvalue weighted by molar-refractivity contribution is -0.117. The van der Waals surface area contributed by atoms with Crippen LogP contribution >= 0.6 is 11.3 Å². The molecule has 0 radical (unpaired) electrons. The standard InChI is InChI=1S/C11H18N4O4S/c1-15(7-4-19-5-8(7)16)3-9(17)12-11-14-13-10(20-11)6-18-2/h7-8,16H,3-6H2,1-2H3,(H,12,14,17)/t7-,8-/m0/s1. The van der Waals surface area contributed by atoms with Crippen LogP contribution in [-0.2, 0) is 20.9 Å². The van der Waals surface area contributed by atoms with Gasteiger partial charge in [-0.05, 0) is 7.05 Å². The van der Waals surface area contributed by atoms with Crippen LogP contribution in [0.5, 0.6) is 0 Å². The molecule has 1 fully saturated rings. The maximum absolute atomic E-state index is 11.9. The van der Waals surface area contributed by atoms with Gasteiger partial charge in [0, 0.05) is 7.11 Å². The van der Waals surface area contributed by atoms with Gasteiger partial charge in [0.2, 0.25) is 11.0 Å². The minimum absolute atomic E-state index is 0.153. The Morgan fingerprint density at radius 3 is 3.05 bits per heavy atom. The second-order valence-electron chi connectivity index (χ2n) is 4.57. The third kappa shape index (κ3) is 3.93. The number of hydrogen-bond donors (Lipinski definition) is 2. The minimum Gasteiger partial charge on any atom is -0.389 e. The quantitative estimate of drug-likeness (QED) is 0.718. The van der Waals surface area contributed by atoms with E-state index in [9.17, 15) is 9.90 Å². The van der Waals surface area contributed by atoms with Gasteiger partial charge < -0.3 is 14.6 Å². The van der Waals surface area contributed by atoms with Crippen molar-refractivity contribution in [3.63, 3.8) is 0 Å². The van der Waals surface area contributed by atoms with Crippen molar-refractivity contribution in [2.75, 3.05) is 39.2 Å². The summed E-state index contributed by atoms with van der Waals surface area (Å²) in [6, 6.07) is -0.153. The molecule has 0 spiro atoms. The maximum Gasteiger partial charge on any atom is 0.240 e. The van der Waals surface area contributed by atoms with Crippen molar-refractivity contribution in [3.05, 3.63) is 5.01 Å². The molecule has 1 aromatic rings.